The molecule has 0 radical (unpaired) electrons. The molecular weight excluding hydrogens is 842 g/mol. The van der Waals surface area contributed by atoms with Crippen LogP contribution in [0.25, 0.3) is 21.3 Å². The molecule has 5 aromatic carbocycles. The molecule has 65 heavy (non-hydrogen) atoms. The van der Waals surface area contributed by atoms with Gasteiger partial charge < -0.3 is 30.4 Å². The fourth-order valence-electron chi connectivity index (χ4n) is 8.60. The van der Waals surface area contributed by atoms with Gasteiger partial charge in [0.15, 0.2) is 5.78 Å². The van der Waals surface area contributed by atoms with E-state index >= 15 is 4.39 Å². The number of ether oxygens (including phenoxy) is 1. The Morgan fingerprint density at radius 1 is 0.908 bits per heavy atom. The van der Waals surface area contributed by atoms with Crippen molar-refractivity contribution in [1.29, 1.82) is 0 Å². The van der Waals surface area contributed by atoms with Gasteiger partial charge in [0.05, 0.1) is 23.8 Å². The number of rotatable bonds is 17. The Morgan fingerprint density at radius 2 is 1.65 bits per heavy atom. The van der Waals surface area contributed by atoms with Crippen LogP contribution < -0.4 is 10.9 Å². The number of nitrogens with one attached hydrogen (secondary N) is 2. The zero-order valence-electron chi connectivity index (χ0n) is 36.1. The highest BCUT2D eigenvalue weighted by atomic mass is 32.1. The molecule has 1 saturated heterocycles. The lowest BCUT2D eigenvalue weighted by Gasteiger charge is -2.33. The number of fused-ring (bicyclic) bond motifs is 1. The lowest BCUT2D eigenvalue weighted by atomic mass is 9.85. The van der Waals surface area contributed by atoms with Gasteiger partial charge in [0, 0.05) is 52.8 Å². The van der Waals surface area contributed by atoms with Crippen molar-refractivity contribution in [3.05, 3.63) is 193 Å². The molecular formula is C53H52FN3O7S. The number of aromatic amines is 1. The van der Waals surface area contributed by atoms with E-state index in [0.717, 1.165) is 53.4 Å². The third kappa shape index (κ3) is 10.5. The fourth-order valence-corrected chi connectivity index (χ4v) is 9.60. The van der Waals surface area contributed by atoms with Gasteiger partial charge in [-0.1, -0.05) is 84.9 Å². The number of aromatic nitrogens is 1. The van der Waals surface area contributed by atoms with E-state index in [-0.39, 0.29) is 60.2 Å². The van der Waals surface area contributed by atoms with Crippen LogP contribution in [0.5, 0.6) is 5.75 Å². The normalized spacial score (nSPS) is 14.8. The average Bonchev–Trinajstić information content (AvgIpc) is 3.81. The highest BCUT2D eigenvalue weighted by Gasteiger charge is 2.42. The Balaban J connectivity index is 0.874. The van der Waals surface area contributed by atoms with Gasteiger partial charge in [-0.25, -0.2) is 9.18 Å². The summed E-state index contributed by atoms with van der Waals surface area (Å²) >= 11 is 1.49. The van der Waals surface area contributed by atoms with Crippen LogP contribution in [0.4, 0.5) is 4.39 Å². The number of aliphatic hydroxyl groups excluding tert-OH is 1. The number of H-pyrrole nitrogens is 1. The summed E-state index contributed by atoms with van der Waals surface area (Å²) in [7, 11) is 0. The lowest BCUT2D eigenvalue weighted by molar-refractivity contribution is -0.164. The topological polar surface area (TPSA) is 152 Å². The summed E-state index contributed by atoms with van der Waals surface area (Å²) in [5.74, 6) is -1.57. The second-order valence-corrected chi connectivity index (χ2v) is 18.0. The van der Waals surface area contributed by atoms with Crippen LogP contribution in [0.2, 0.25) is 0 Å². The molecule has 12 heteroatoms. The number of ketones is 1. The zero-order valence-corrected chi connectivity index (χ0v) is 37.0. The quantitative estimate of drug-likeness (QED) is 0.0447. The van der Waals surface area contributed by atoms with Crippen LogP contribution in [0.3, 0.4) is 0 Å². The predicted octanol–water partition coefficient (Wildman–Crippen LogP) is 8.74. The molecule has 334 valence electrons. The molecule has 3 heterocycles. The van der Waals surface area contributed by atoms with Gasteiger partial charge in [-0.15, -0.1) is 11.3 Å². The first kappa shape index (κ1) is 45.3. The standard InChI is InChI=1S/C53H52FN3O7S/c1-34-27-44(45(54)29-38(34)30-55-31-48(60)42-17-20-47(59)51-43(42)18-22-50(61)56-51)46(58)19-15-41-16-21-49(65-41)37-11-8-14-40(28-37)53(63,39-12-6-3-7-13-39)52(62)64-33-36-23-25-57(26-24-36)32-35-9-4-2-5-10-35/h2-14,16-18,20-22,27-29,36,48,55,59-60,63H,15,19,23-26,30-33H2,1H3,(H,56,61)/t48-,53-/m0/s1. The molecule has 2 aromatic heterocycles. The first-order valence-electron chi connectivity index (χ1n) is 21.9. The molecule has 1 aliphatic rings. The van der Waals surface area contributed by atoms with Gasteiger partial charge in [0.1, 0.15) is 11.6 Å². The molecule has 0 spiro atoms. The average molecular weight is 894 g/mol. The van der Waals surface area contributed by atoms with E-state index in [9.17, 15) is 29.7 Å². The number of aliphatic hydroxyl groups is 2. The van der Waals surface area contributed by atoms with Crippen LogP contribution in [0.1, 0.15) is 74.0 Å². The number of phenols is 1. The minimum absolute atomic E-state index is 0.0147. The van der Waals surface area contributed by atoms with E-state index in [1.807, 2.05) is 49.4 Å². The summed E-state index contributed by atoms with van der Waals surface area (Å²) in [4.78, 5) is 46.0. The second-order valence-electron chi connectivity index (χ2n) is 16.8. The number of carbonyl (C=O) groups is 2. The molecule has 0 bridgehead atoms. The summed E-state index contributed by atoms with van der Waals surface area (Å²) in [6.45, 7) is 5.09. The van der Waals surface area contributed by atoms with Gasteiger partial charge in [0.25, 0.3) is 0 Å². The smallest absolute Gasteiger partial charge is 0.347 e. The Morgan fingerprint density at radius 3 is 2.42 bits per heavy atom. The Labute approximate surface area is 381 Å². The molecule has 2 atom stereocenters. The Bertz CT molecular complexity index is 2840. The number of esters is 1. The number of phenolic OH excluding ortho intramolecular Hbond substituents is 1. The molecule has 0 unspecified atom stereocenters. The highest BCUT2D eigenvalue weighted by molar-refractivity contribution is 7.15. The van der Waals surface area contributed by atoms with Crippen molar-refractivity contribution in [3.8, 4) is 16.2 Å². The minimum atomic E-state index is -2.04. The summed E-state index contributed by atoms with van der Waals surface area (Å²) < 4.78 is 21.4. The number of aromatic hydroxyl groups is 1. The summed E-state index contributed by atoms with van der Waals surface area (Å²) in [5.41, 5.74) is 2.59. The number of piperidine rings is 1. The molecule has 5 N–H and O–H groups in total. The van der Waals surface area contributed by atoms with Crippen molar-refractivity contribution in [2.45, 2.75) is 57.4 Å². The summed E-state index contributed by atoms with van der Waals surface area (Å²) in [6, 6.07) is 39.2. The third-order valence-corrected chi connectivity index (χ3v) is 13.6. The van der Waals surface area contributed by atoms with E-state index in [1.54, 1.807) is 48.5 Å². The SMILES string of the molecule is Cc1cc(C(=O)CCc2ccc(-c3cccc([C@](O)(C(=O)OCC4CCN(Cc5ccccc5)CC4)c4ccccc4)c3)s2)c(F)cc1CNC[C@H](O)c1ccc(O)c2[nH]c(=O)ccc12. The van der Waals surface area contributed by atoms with Crippen LogP contribution in [-0.2, 0) is 34.6 Å². The van der Waals surface area contributed by atoms with Crippen molar-refractivity contribution >= 4 is 34.0 Å². The lowest BCUT2D eigenvalue weighted by Crippen LogP contribution is -2.40. The molecule has 1 aliphatic heterocycles. The first-order valence-corrected chi connectivity index (χ1v) is 22.7. The highest BCUT2D eigenvalue weighted by Crippen LogP contribution is 2.37. The van der Waals surface area contributed by atoms with Crippen LogP contribution in [-0.4, -0.2) is 63.2 Å². The second kappa shape index (κ2) is 20.3. The fraction of sp³-hybridized carbons (Fsp3) is 0.264. The maximum Gasteiger partial charge on any atom is 0.347 e. The Hall–Kier alpha value is -6.28. The number of nitrogens with zero attached hydrogens (tertiary/aromatic N) is 1. The number of thiophene rings is 1. The van der Waals surface area contributed by atoms with E-state index in [2.05, 4.69) is 39.5 Å². The molecule has 0 aliphatic carbocycles. The number of pyridine rings is 1. The number of aryl methyl sites for hydroxylation is 2. The van der Waals surface area contributed by atoms with Crippen molar-refractivity contribution in [2.75, 3.05) is 26.2 Å². The maximum atomic E-state index is 15.5. The zero-order chi connectivity index (χ0) is 45.5. The number of halogens is 1. The van der Waals surface area contributed by atoms with Gasteiger partial charge in [-0.3, -0.25) is 14.5 Å². The number of likely N-dealkylation sites (tertiary alicyclic amines) is 1. The van der Waals surface area contributed by atoms with Gasteiger partial charge in [-0.2, -0.15) is 0 Å². The first-order chi connectivity index (χ1) is 31.5. The van der Waals surface area contributed by atoms with Crippen molar-refractivity contribution in [3.63, 3.8) is 0 Å². The van der Waals surface area contributed by atoms with Gasteiger partial charge in [0.2, 0.25) is 11.2 Å². The molecule has 0 amide bonds. The summed E-state index contributed by atoms with van der Waals surface area (Å²) in [6.07, 6.45) is 1.30. The number of hydrogen-bond donors (Lipinski definition) is 5. The molecule has 7 aromatic rings. The van der Waals surface area contributed by atoms with Crippen molar-refractivity contribution in [1.82, 2.24) is 15.2 Å². The van der Waals surface area contributed by atoms with Crippen LogP contribution >= 0.6 is 11.3 Å². The monoisotopic (exact) mass is 893 g/mol. The van der Waals surface area contributed by atoms with Crippen LogP contribution in [0.15, 0.2) is 138 Å². The third-order valence-electron chi connectivity index (χ3n) is 12.4. The van der Waals surface area contributed by atoms with Crippen LogP contribution in [0, 0.1) is 18.7 Å². The summed E-state index contributed by atoms with van der Waals surface area (Å²) in [5, 5.41) is 37.1. The molecule has 8 rings (SSSR count). The van der Waals surface area contributed by atoms with Gasteiger partial charge >= 0.3 is 5.97 Å². The van der Waals surface area contributed by atoms with E-state index in [0.29, 0.717) is 34.1 Å². The van der Waals surface area contributed by atoms with Crippen molar-refractivity contribution < 1.29 is 34.0 Å². The molecule has 10 nitrogen and oxygen atoms in total. The number of carbonyl (C=O) groups excluding carboxylic acids is 2. The Kier molecular flexibility index (Phi) is 14.1. The van der Waals surface area contributed by atoms with E-state index in [1.165, 1.54) is 35.1 Å². The van der Waals surface area contributed by atoms with Crippen molar-refractivity contribution in [2.24, 2.45) is 5.92 Å². The molecule has 1 fully saturated rings. The molecule has 0 saturated carbocycles. The largest absolute Gasteiger partial charge is 0.506 e. The predicted molar refractivity (Wildman–Crippen MR) is 251 cm³/mol. The number of benzene rings is 5. The number of hydrogen-bond acceptors (Lipinski definition) is 10. The van der Waals surface area contributed by atoms with Gasteiger partial charge in [-0.05, 0) is 121 Å². The number of Topliss-reactive ketones (excluding diaryl/α,β-unsaturated/α-hetero) is 1. The van der Waals surface area contributed by atoms with E-state index in [4.69, 9.17) is 4.74 Å². The maximum absolute atomic E-state index is 15.5. The minimum Gasteiger partial charge on any atom is -0.506 e. The van der Waals surface area contributed by atoms with E-state index < -0.39 is 23.5 Å².